The quantitative estimate of drug-likeness (QED) is 0.321. The minimum atomic E-state index is -4.46. The number of carbonyl (C=O) groups is 1. The second kappa shape index (κ2) is 8.84. The summed E-state index contributed by atoms with van der Waals surface area (Å²) in [6.07, 6.45) is -4.46. The smallest absolute Gasteiger partial charge is 0.305 e. The average molecular weight is 449 g/mol. The summed E-state index contributed by atoms with van der Waals surface area (Å²) in [6, 6.07) is 9.91. The summed E-state index contributed by atoms with van der Waals surface area (Å²) in [5.41, 5.74) is -0.538. The lowest BCUT2D eigenvalue weighted by atomic mass is 10.1. The number of hydrogen-bond donors (Lipinski definition) is 2. The molecule has 5 nitrogen and oxygen atoms in total. The van der Waals surface area contributed by atoms with Crippen LogP contribution in [0.3, 0.4) is 0 Å². The van der Waals surface area contributed by atoms with Crippen LogP contribution in [0.4, 0.5) is 13.2 Å². The Bertz CT molecular complexity index is 1170. The molecule has 31 heavy (non-hydrogen) atoms. The summed E-state index contributed by atoms with van der Waals surface area (Å²) in [4.78, 5) is 31.8. The number of alkyl halides is 3. The number of aromatic amines is 1. The van der Waals surface area contributed by atoms with Gasteiger partial charge in [-0.3, -0.25) is 9.59 Å². The van der Waals surface area contributed by atoms with Crippen molar-refractivity contribution in [2.45, 2.75) is 43.4 Å². The molecule has 2 N–H and O–H groups in total. The minimum absolute atomic E-state index is 0.0156. The highest BCUT2D eigenvalue weighted by atomic mass is 32.2. The van der Waals surface area contributed by atoms with E-state index >= 15 is 0 Å². The van der Waals surface area contributed by atoms with Gasteiger partial charge in [-0.2, -0.15) is 13.2 Å². The summed E-state index contributed by atoms with van der Waals surface area (Å²) < 4.78 is 39.6. The topological polar surface area (TPSA) is 74.8 Å². The molecule has 0 radical (unpaired) electrons. The van der Waals surface area contributed by atoms with Gasteiger partial charge < -0.3 is 10.3 Å². The van der Waals surface area contributed by atoms with Crippen molar-refractivity contribution in [1.29, 1.82) is 0 Å². The van der Waals surface area contributed by atoms with Crippen LogP contribution >= 0.6 is 11.8 Å². The Kier molecular flexibility index (Phi) is 6.56. The van der Waals surface area contributed by atoms with Crippen LogP contribution in [0.1, 0.15) is 42.3 Å². The molecule has 0 saturated heterocycles. The summed E-state index contributed by atoms with van der Waals surface area (Å²) >= 11 is 0.997. The van der Waals surface area contributed by atoms with Crippen molar-refractivity contribution < 1.29 is 18.0 Å². The van der Waals surface area contributed by atoms with Crippen LogP contribution in [0.15, 0.2) is 52.4 Å². The molecule has 0 bridgehead atoms. The van der Waals surface area contributed by atoms with Crippen LogP contribution in [0.25, 0.3) is 10.9 Å². The average Bonchev–Trinajstić information content (AvgIpc) is 2.69. The monoisotopic (exact) mass is 449 g/mol. The number of rotatable bonds is 6. The fourth-order valence-corrected chi connectivity index (χ4v) is 3.75. The second-order valence-electron chi connectivity index (χ2n) is 8.07. The van der Waals surface area contributed by atoms with Crippen LogP contribution in [-0.4, -0.2) is 27.8 Å². The molecule has 0 amide bonds. The number of nitrogens with zero attached hydrogens (tertiary/aromatic N) is 1. The predicted molar refractivity (Wildman–Crippen MR) is 115 cm³/mol. The standard InChI is InChI=1S/C22H22F3N3O2S/c1-21(2,3)26-11-18(29)13-8-9-15-17(10-13)27-20(28-19(15)30)31-12-14-6-4-5-7-16(14)22(23,24)25/h4-10,26H,11-12H2,1-3H3,(H,27,28,30). The highest BCUT2D eigenvalue weighted by Gasteiger charge is 2.32. The first-order chi connectivity index (χ1) is 14.4. The Morgan fingerprint density at radius 3 is 2.52 bits per heavy atom. The van der Waals surface area contributed by atoms with Gasteiger partial charge in [-0.1, -0.05) is 36.0 Å². The lowest BCUT2D eigenvalue weighted by molar-refractivity contribution is -0.138. The zero-order chi connectivity index (χ0) is 22.8. The molecule has 0 unspecified atom stereocenters. The highest BCUT2D eigenvalue weighted by Crippen LogP contribution is 2.34. The van der Waals surface area contributed by atoms with Gasteiger partial charge in [-0.25, -0.2) is 4.98 Å². The van der Waals surface area contributed by atoms with E-state index in [1.54, 1.807) is 6.07 Å². The third-order valence-corrected chi connectivity index (χ3v) is 5.40. The van der Waals surface area contributed by atoms with Crippen molar-refractivity contribution in [1.82, 2.24) is 15.3 Å². The summed E-state index contributed by atoms with van der Waals surface area (Å²) in [5.74, 6) is -0.162. The van der Waals surface area contributed by atoms with E-state index in [0.29, 0.717) is 16.5 Å². The Morgan fingerprint density at radius 2 is 1.84 bits per heavy atom. The third-order valence-electron chi connectivity index (χ3n) is 4.47. The Balaban J connectivity index is 1.85. The van der Waals surface area contributed by atoms with E-state index in [1.165, 1.54) is 30.3 Å². The van der Waals surface area contributed by atoms with Gasteiger partial charge >= 0.3 is 6.18 Å². The zero-order valence-electron chi connectivity index (χ0n) is 17.3. The van der Waals surface area contributed by atoms with Crippen molar-refractivity contribution in [3.8, 4) is 0 Å². The maximum atomic E-state index is 13.2. The number of halogens is 3. The van der Waals surface area contributed by atoms with Crippen molar-refractivity contribution in [2.24, 2.45) is 0 Å². The molecule has 2 aromatic carbocycles. The normalized spacial score (nSPS) is 12.3. The third kappa shape index (κ3) is 5.95. The lowest BCUT2D eigenvalue weighted by Crippen LogP contribution is -2.39. The van der Waals surface area contributed by atoms with E-state index in [0.717, 1.165) is 17.8 Å². The molecule has 1 aromatic heterocycles. The Morgan fingerprint density at radius 1 is 1.13 bits per heavy atom. The van der Waals surface area contributed by atoms with Gasteiger partial charge in [0.1, 0.15) is 0 Å². The summed E-state index contributed by atoms with van der Waals surface area (Å²) in [7, 11) is 0. The van der Waals surface area contributed by atoms with Gasteiger partial charge in [0.25, 0.3) is 5.56 Å². The molecule has 3 rings (SSSR count). The van der Waals surface area contributed by atoms with Gasteiger partial charge in [0.15, 0.2) is 10.9 Å². The molecule has 0 spiro atoms. The van der Waals surface area contributed by atoms with Crippen molar-refractivity contribution in [3.05, 3.63) is 69.5 Å². The number of benzene rings is 2. The predicted octanol–water partition coefficient (Wildman–Crippen LogP) is 4.81. The molecule has 0 saturated carbocycles. The van der Waals surface area contributed by atoms with Crippen molar-refractivity contribution in [2.75, 3.05) is 6.54 Å². The molecule has 0 aliphatic rings. The van der Waals surface area contributed by atoms with Crippen LogP contribution < -0.4 is 10.9 Å². The van der Waals surface area contributed by atoms with E-state index in [1.807, 2.05) is 20.8 Å². The number of fused-ring (bicyclic) bond motifs is 1. The molecule has 0 aliphatic heterocycles. The van der Waals surface area contributed by atoms with E-state index in [4.69, 9.17) is 0 Å². The van der Waals surface area contributed by atoms with E-state index in [2.05, 4.69) is 15.3 Å². The summed E-state index contributed by atoms with van der Waals surface area (Å²) in [6.45, 7) is 5.97. The molecule has 0 atom stereocenters. The van der Waals surface area contributed by atoms with Gasteiger partial charge in [0.2, 0.25) is 0 Å². The minimum Gasteiger partial charge on any atom is -0.305 e. The Labute approximate surface area is 181 Å². The van der Waals surface area contributed by atoms with E-state index in [9.17, 15) is 22.8 Å². The number of carbonyl (C=O) groups excluding carboxylic acids is 1. The Hall–Kier alpha value is -2.65. The number of hydrogen-bond acceptors (Lipinski definition) is 5. The van der Waals surface area contributed by atoms with Crippen LogP contribution in [-0.2, 0) is 11.9 Å². The molecule has 164 valence electrons. The first-order valence-electron chi connectivity index (χ1n) is 9.54. The van der Waals surface area contributed by atoms with Crippen LogP contribution in [0.5, 0.6) is 0 Å². The highest BCUT2D eigenvalue weighted by molar-refractivity contribution is 7.98. The number of nitrogens with one attached hydrogen (secondary N) is 2. The molecule has 0 fully saturated rings. The van der Waals surface area contributed by atoms with Gasteiger partial charge in [-0.05, 0) is 44.5 Å². The zero-order valence-corrected chi connectivity index (χ0v) is 18.1. The SMILES string of the molecule is CC(C)(C)NCC(=O)c1ccc2c(=O)[nH]c(SCc3ccccc3C(F)(F)F)nc2c1. The first kappa shape index (κ1) is 23.0. The second-order valence-corrected chi connectivity index (χ2v) is 9.04. The van der Waals surface area contributed by atoms with E-state index in [-0.39, 0.29) is 34.3 Å². The largest absolute Gasteiger partial charge is 0.416 e. The number of Topliss-reactive ketones (excluding diaryl/α,β-unsaturated/α-hetero) is 1. The first-order valence-corrected chi connectivity index (χ1v) is 10.5. The van der Waals surface area contributed by atoms with Crippen LogP contribution in [0, 0.1) is 0 Å². The van der Waals surface area contributed by atoms with Gasteiger partial charge in [-0.15, -0.1) is 0 Å². The molecular weight excluding hydrogens is 427 g/mol. The number of aromatic nitrogens is 2. The van der Waals surface area contributed by atoms with Gasteiger partial charge in [0, 0.05) is 16.9 Å². The number of ketones is 1. The fourth-order valence-electron chi connectivity index (χ4n) is 2.88. The summed E-state index contributed by atoms with van der Waals surface area (Å²) in [5, 5.41) is 3.61. The van der Waals surface area contributed by atoms with Gasteiger partial charge in [0.05, 0.1) is 23.0 Å². The molecule has 3 aromatic rings. The fraction of sp³-hybridized carbons (Fsp3) is 0.318. The van der Waals surface area contributed by atoms with Crippen molar-refractivity contribution >= 4 is 28.4 Å². The number of thioether (sulfide) groups is 1. The number of H-pyrrole nitrogens is 1. The maximum absolute atomic E-state index is 13.2. The van der Waals surface area contributed by atoms with E-state index < -0.39 is 17.3 Å². The molecule has 9 heteroatoms. The lowest BCUT2D eigenvalue weighted by Gasteiger charge is -2.19. The molecule has 1 heterocycles. The molecule has 0 aliphatic carbocycles. The molecular formula is C22H22F3N3O2S. The maximum Gasteiger partial charge on any atom is 0.416 e. The van der Waals surface area contributed by atoms with Crippen LogP contribution in [0.2, 0.25) is 0 Å². The van der Waals surface area contributed by atoms with Crippen molar-refractivity contribution in [3.63, 3.8) is 0 Å².